The molecule has 2 N–H and O–H groups in total. The van der Waals surface area contributed by atoms with Crippen LogP contribution in [0.4, 0.5) is 0 Å². The molecule has 4 rings (SSSR count). The molecule has 1 aliphatic rings. The van der Waals surface area contributed by atoms with E-state index in [-0.39, 0.29) is 11.1 Å². The largest absolute Gasteiger partial charge is 0.503 e. The van der Waals surface area contributed by atoms with Gasteiger partial charge in [0.05, 0.1) is 12.7 Å². The number of hydrogen-bond donors (Lipinski definition) is 2. The quantitative estimate of drug-likeness (QED) is 0.698. The number of fused-ring (bicyclic) bond motifs is 1. The van der Waals surface area contributed by atoms with E-state index in [1.807, 2.05) is 12.1 Å². The van der Waals surface area contributed by atoms with Crippen molar-refractivity contribution in [1.29, 1.82) is 0 Å². The lowest BCUT2D eigenvalue weighted by Crippen LogP contribution is -2.34. The molecule has 1 heterocycles. The van der Waals surface area contributed by atoms with Gasteiger partial charge in [-0.05, 0) is 36.1 Å². The molecule has 0 bridgehead atoms. The molecule has 0 unspecified atom stereocenters. The van der Waals surface area contributed by atoms with Gasteiger partial charge in [-0.15, -0.1) is 0 Å². The first-order valence-corrected chi connectivity index (χ1v) is 10.1. The highest BCUT2D eigenvalue weighted by Gasteiger charge is 2.36. The van der Waals surface area contributed by atoms with Crippen LogP contribution in [0.15, 0.2) is 53.5 Å². The Balaban J connectivity index is 1.75. The minimum atomic E-state index is -0.738. The number of hydrogen-bond acceptors (Lipinski definition) is 4. The molecule has 1 aliphatic carbocycles. The summed E-state index contributed by atoms with van der Waals surface area (Å²) < 4.78 is 1.56. The fourth-order valence-corrected chi connectivity index (χ4v) is 4.42. The molecule has 150 valence electrons. The van der Waals surface area contributed by atoms with Gasteiger partial charge in [0.2, 0.25) is 0 Å². The molecular formula is C23H25N3O3. The van der Waals surface area contributed by atoms with Gasteiger partial charge in [0.15, 0.2) is 11.4 Å². The summed E-state index contributed by atoms with van der Waals surface area (Å²) in [4.78, 5) is 24.4. The van der Waals surface area contributed by atoms with Crippen LogP contribution in [0.25, 0.3) is 10.8 Å². The third-order valence-corrected chi connectivity index (χ3v) is 5.89. The number of aromatic hydroxyl groups is 1. The molecule has 6 heteroatoms. The first-order valence-electron chi connectivity index (χ1n) is 10.1. The number of aromatic nitrogens is 2. The van der Waals surface area contributed by atoms with Crippen LogP contribution in [0, 0.1) is 0 Å². The summed E-state index contributed by atoms with van der Waals surface area (Å²) in [6.45, 7) is 2.66. The summed E-state index contributed by atoms with van der Waals surface area (Å²) in [5.41, 5.74) is 0.0852. The van der Waals surface area contributed by atoms with Crippen LogP contribution in [0.5, 0.6) is 5.75 Å². The summed E-state index contributed by atoms with van der Waals surface area (Å²) in [6.07, 6.45) is 5.56. The molecular weight excluding hydrogens is 366 g/mol. The smallest absolute Gasteiger partial charge is 0.275 e. The van der Waals surface area contributed by atoms with Crippen LogP contribution in [0.1, 0.15) is 48.7 Å². The zero-order chi connectivity index (χ0) is 20.4. The number of amides is 1. The zero-order valence-electron chi connectivity index (χ0n) is 16.5. The maximum atomic E-state index is 12.2. The monoisotopic (exact) mass is 391 g/mol. The molecule has 1 aromatic heterocycles. The number of benzene rings is 2. The SMILES string of the molecule is CCNC(=O)c1nn(CC2(c3ccc4ccccc4c3)CCCC2)cc(O)c1=O. The molecule has 0 atom stereocenters. The van der Waals surface area contributed by atoms with Crippen molar-refractivity contribution in [3.05, 3.63) is 70.1 Å². The lowest BCUT2D eigenvalue weighted by Gasteiger charge is -2.30. The highest BCUT2D eigenvalue weighted by molar-refractivity contribution is 5.92. The van der Waals surface area contributed by atoms with E-state index in [4.69, 9.17) is 0 Å². The number of rotatable bonds is 5. The Morgan fingerprint density at radius 3 is 2.62 bits per heavy atom. The fraction of sp³-hybridized carbons (Fsp3) is 0.348. The molecule has 0 radical (unpaired) electrons. The summed E-state index contributed by atoms with van der Waals surface area (Å²) in [6, 6.07) is 14.8. The van der Waals surface area contributed by atoms with Crippen molar-refractivity contribution in [2.45, 2.75) is 44.6 Å². The number of nitrogens with zero attached hydrogens (tertiary/aromatic N) is 2. The van der Waals surface area contributed by atoms with Crippen molar-refractivity contribution in [3.63, 3.8) is 0 Å². The van der Waals surface area contributed by atoms with Crippen molar-refractivity contribution in [3.8, 4) is 5.75 Å². The lowest BCUT2D eigenvalue weighted by molar-refractivity contribution is 0.0945. The second kappa shape index (κ2) is 7.70. The molecule has 0 saturated heterocycles. The maximum Gasteiger partial charge on any atom is 0.275 e. The van der Waals surface area contributed by atoms with E-state index in [1.165, 1.54) is 22.5 Å². The van der Waals surface area contributed by atoms with Crippen LogP contribution in [0.3, 0.4) is 0 Å². The standard InChI is InChI=1S/C23H25N3O3/c1-2-24-22(29)20-21(28)19(27)14-26(25-20)15-23(11-5-6-12-23)18-10-9-16-7-3-4-8-17(16)13-18/h3-4,7-10,13-14,27H,2,5-6,11-12,15H2,1H3,(H,24,29). The normalized spacial score (nSPS) is 15.5. The summed E-state index contributed by atoms with van der Waals surface area (Å²) in [5, 5.41) is 19.4. The van der Waals surface area contributed by atoms with E-state index in [1.54, 1.807) is 11.6 Å². The van der Waals surface area contributed by atoms with Gasteiger partial charge in [0.1, 0.15) is 0 Å². The Labute approximate surface area is 169 Å². The van der Waals surface area contributed by atoms with Crippen LogP contribution in [0.2, 0.25) is 0 Å². The van der Waals surface area contributed by atoms with Crippen LogP contribution in [-0.2, 0) is 12.0 Å². The third kappa shape index (κ3) is 3.62. The van der Waals surface area contributed by atoms with Gasteiger partial charge in [-0.25, -0.2) is 0 Å². The van der Waals surface area contributed by atoms with Crippen LogP contribution >= 0.6 is 0 Å². The van der Waals surface area contributed by atoms with E-state index in [0.717, 1.165) is 25.7 Å². The first-order chi connectivity index (χ1) is 14.0. The summed E-state index contributed by atoms with van der Waals surface area (Å²) >= 11 is 0. The summed E-state index contributed by atoms with van der Waals surface area (Å²) in [5.74, 6) is -1.01. The van der Waals surface area contributed by atoms with Crippen molar-refractivity contribution in [1.82, 2.24) is 15.1 Å². The molecule has 29 heavy (non-hydrogen) atoms. The highest BCUT2D eigenvalue weighted by Crippen LogP contribution is 2.43. The minimum absolute atomic E-state index is 0.142. The lowest BCUT2D eigenvalue weighted by atomic mass is 9.78. The van der Waals surface area contributed by atoms with E-state index in [9.17, 15) is 14.7 Å². The molecule has 1 saturated carbocycles. The van der Waals surface area contributed by atoms with Crippen LogP contribution in [-0.4, -0.2) is 27.3 Å². The van der Waals surface area contributed by atoms with Gasteiger partial charge in [0, 0.05) is 12.0 Å². The Morgan fingerprint density at radius 1 is 1.17 bits per heavy atom. The average molecular weight is 391 g/mol. The van der Waals surface area contributed by atoms with E-state index < -0.39 is 17.1 Å². The van der Waals surface area contributed by atoms with Crippen LogP contribution < -0.4 is 10.7 Å². The highest BCUT2D eigenvalue weighted by atomic mass is 16.3. The Kier molecular flexibility index (Phi) is 5.09. The zero-order valence-corrected chi connectivity index (χ0v) is 16.5. The topological polar surface area (TPSA) is 84.2 Å². The molecule has 0 aliphatic heterocycles. The number of carbonyl (C=O) groups is 1. The molecule has 3 aromatic rings. The van der Waals surface area contributed by atoms with Gasteiger partial charge >= 0.3 is 0 Å². The Bertz CT molecular complexity index is 1110. The van der Waals surface area contributed by atoms with Crippen molar-refractivity contribution >= 4 is 16.7 Å². The Hall–Kier alpha value is -3.15. The van der Waals surface area contributed by atoms with Gasteiger partial charge in [-0.2, -0.15) is 5.10 Å². The number of carbonyl (C=O) groups excluding carboxylic acids is 1. The van der Waals surface area contributed by atoms with Crippen molar-refractivity contribution in [2.24, 2.45) is 0 Å². The van der Waals surface area contributed by atoms with Crippen molar-refractivity contribution in [2.75, 3.05) is 6.54 Å². The van der Waals surface area contributed by atoms with Gasteiger partial charge in [-0.3, -0.25) is 14.3 Å². The molecule has 6 nitrogen and oxygen atoms in total. The van der Waals surface area contributed by atoms with E-state index >= 15 is 0 Å². The predicted molar refractivity (Wildman–Crippen MR) is 112 cm³/mol. The predicted octanol–water partition coefficient (Wildman–Crippen LogP) is 3.36. The second-order valence-electron chi connectivity index (χ2n) is 7.80. The molecule has 1 amide bonds. The first kappa shape index (κ1) is 19.2. The van der Waals surface area contributed by atoms with Crippen molar-refractivity contribution < 1.29 is 9.90 Å². The van der Waals surface area contributed by atoms with Gasteiger partial charge < -0.3 is 10.4 Å². The molecule has 0 spiro atoms. The van der Waals surface area contributed by atoms with E-state index in [0.29, 0.717) is 13.1 Å². The molecule has 1 fully saturated rings. The van der Waals surface area contributed by atoms with E-state index in [2.05, 4.69) is 40.7 Å². The number of nitrogens with one attached hydrogen (secondary N) is 1. The Morgan fingerprint density at radius 2 is 1.90 bits per heavy atom. The summed E-state index contributed by atoms with van der Waals surface area (Å²) in [7, 11) is 0. The molecule has 2 aromatic carbocycles. The van der Waals surface area contributed by atoms with Gasteiger partial charge in [0.25, 0.3) is 11.3 Å². The minimum Gasteiger partial charge on any atom is -0.503 e. The second-order valence-corrected chi connectivity index (χ2v) is 7.80. The third-order valence-electron chi connectivity index (χ3n) is 5.89. The fourth-order valence-electron chi connectivity index (χ4n) is 4.42. The van der Waals surface area contributed by atoms with Gasteiger partial charge in [-0.1, -0.05) is 55.3 Å². The average Bonchev–Trinajstić information content (AvgIpc) is 3.20. The maximum absolute atomic E-state index is 12.2.